The van der Waals surface area contributed by atoms with Crippen molar-refractivity contribution in [2.45, 2.75) is 58.2 Å². The number of nitrogens with one attached hydrogen (secondary N) is 1. The summed E-state index contributed by atoms with van der Waals surface area (Å²) in [4.78, 5) is 2.35. The van der Waals surface area contributed by atoms with Crippen LogP contribution < -0.4 is 9.46 Å². The Bertz CT molecular complexity index is 882. The topological polar surface area (TPSA) is 58.6 Å². The molecular formula is C24H34N2O3S. The second kappa shape index (κ2) is 10.4. The van der Waals surface area contributed by atoms with Gasteiger partial charge in [-0.2, -0.15) is 0 Å². The molecule has 2 aromatic rings. The first-order valence-corrected chi connectivity index (χ1v) is 12.5. The lowest BCUT2D eigenvalue weighted by Gasteiger charge is -2.41. The summed E-state index contributed by atoms with van der Waals surface area (Å²) in [5.74, 6) is 1.39. The van der Waals surface area contributed by atoms with Gasteiger partial charge >= 0.3 is 0 Å². The molecule has 1 heterocycles. The van der Waals surface area contributed by atoms with Crippen molar-refractivity contribution >= 4 is 10.0 Å². The highest BCUT2D eigenvalue weighted by atomic mass is 32.2. The Labute approximate surface area is 181 Å². The first-order chi connectivity index (χ1) is 14.4. The number of hydrogen-bond acceptors (Lipinski definition) is 4. The average molecular weight is 431 g/mol. The van der Waals surface area contributed by atoms with Gasteiger partial charge in [0.05, 0.1) is 11.8 Å². The van der Waals surface area contributed by atoms with E-state index in [9.17, 15) is 8.42 Å². The van der Waals surface area contributed by atoms with Gasteiger partial charge in [-0.1, -0.05) is 56.3 Å². The number of benzene rings is 2. The standard InChI is InChI=1S/C24H34N2O3S/c1-4-30(27,28)25-23-11-8-16-26(17-20-9-6-5-7-10-20)24(23)18-29-22-14-12-21(13-15-22)19(2)3/h5-7,9-10,12-15,19,23-25H,4,8,11,16-18H2,1-3H3/t23-,24-/m0/s1. The number of ether oxygens (including phenoxy) is 1. The van der Waals surface area contributed by atoms with Crippen LogP contribution in [0.1, 0.15) is 50.7 Å². The molecule has 1 fully saturated rings. The lowest BCUT2D eigenvalue weighted by atomic mass is 9.96. The number of nitrogens with zero attached hydrogens (tertiary/aromatic N) is 1. The van der Waals surface area contributed by atoms with Gasteiger partial charge < -0.3 is 4.74 Å². The van der Waals surface area contributed by atoms with Crippen LogP contribution in [0.5, 0.6) is 5.75 Å². The van der Waals surface area contributed by atoms with Crippen molar-refractivity contribution in [2.24, 2.45) is 0 Å². The van der Waals surface area contributed by atoms with E-state index < -0.39 is 10.0 Å². The van der Waals surface area contributed by atoms with E-state index >= 15 is 0 Å². The van der Waals surface area contributed by atoms with E-state index in [4.69, 9.17) is 4.74 Å². The predicted molar refractivity (Wildman–Crippen MR) is 122 cm³/mol. The molecular weight excluding hydrogens is 396 g/mol. The van der Waals surface area contributed by atoms with Crippen LogP contribution >= 0.6 is 0 Å². The maximum atomic E-state index is 12.3. The van der Waals surface area contributed by atoms with Crippen molar-refractivity contribution in [2.75, 3.05) is 18.9 Å². The van der Waals surface area contributed by atoms with Gasteiger partial charge in [0, 0.05) is 12.6 Å². The number of piperidine rings is 1. The van der Waals surface area contributed by atoms with Crippen molar-refractivity contribution in [1.29, 1.82) is 0 Å². The van der Waals surface area contributed by atoms with Gasteiger partial charge in [0.15, 0.2) is 0 Å². The third-order valence-corrected chi connectivity index (χ3v) is 7.22. The Morgan fingerprint density at radius 3 is 2.43 bits per heavy atom. The highest BCUT2D eigenvalue weighted by Gasteiger charge is 2.34. The molecule has 1 N–H and O–H groups in total. The molecule has 3 rings (SSSR count). The lowest BCUT2D eigenvalue weighted by molar-refractivity contribution is 0.0725. The van der Waals surface area contributed by atoms with E-state index in [2.05, 4.69) is 47.7 Å². The van der Waals surface area contributed by atoms with Gasteiger partial charge in [-0.05, 0) is 55.5 Å². The fourth-order valence-electron chi connectivity index (χ4n) is 3.94. The Balaban J connectivity index is 1.75. The zero-order chi connectivity index (χ0) is 21.6. The first-order valence-electron chi connectivity index (χ1n) is 10.9. The monoisotopic (exact) mass is 430 g/mol. The maximum Gasteiger partial charge on any atom is 0.211 e. The van der Waals surface area contributed by atoms with Gasteiger partial charge in [0.25, 0.3) is 0 Å². The Kier molecular flexibility index (Phi) is 7.92. The van der Waals surface area contributed by atoms with E-state index in [-0.39, 0.29) is 17.8 Å². The zero-order valence-corrected chi connectivity index (χ0v) is 19.1. The van der Waals surface area contributed by atoms with Crippen molar-refractivity contribution < 1.29 is 13.2 Å². The summed E-state index contributed by atoms with van der Waals surface area (Å²) < 4.78 is 33.6. The second-order valence-corrected chi connectivity index (χ2v) is 10.4. The molecule has 0 aliphatic carbocycles. The van der Waals surface area contributed by atoms with Crippen LogP contribution in [0.4, 0.5) is 0 Å². The van der Waals surface area contributed by atoms with Gasteiger partial charge in [-0.3, -0.25) is 4.90 Å². The van der Waals surface area contributed by atoms with Gasteiger partial charge in [-0.15, -0.1) is 0 Å². The summed E-state index contributed by atoms with van der Waals surface area (Å²) in [5, 5.41) is 0. The van der Waals surface area contributed by atoms with Crippen LogP contribution in [-0.4, -0.2) is 44.3 Å². The van der Waals surface area contributed by atoms with Crippen molar-refractivity contribution in [3.05, 3.63) is 65.7 Å². The minimum Gasteiger partial charge on any atom is -0.492 e. The summed E-state index contributed by atoms with van der Waals surface area (Å²) in [6.45, 7) is 8.18. The SMILES string of the molecule is CCS(=O)(=O)N[C@H]1CCCN(Cc2ccccc2)[C@H]1COc1ccc(C(C)C)cc1. The summed E-state index contributed by atoms with van der Waals surface area (Å²) in [6, 6.07) is 18.4. The fraction of sp³-hybridized carbons (Fsp3) is 0.500. The molecule has 0 unspecified atom stereocenters. The zero-order valence-electron chi connectivity index (χ0n) is 18.3. The molecule has 164 valence electrons. The summed E-state index contributed by atoms with van der Waals surface area (Å²) in [7, 11) is -3.28. The third-order valence-electron chi connectivity index (χ3n) is 5.80. The first kappa shape index (κ1) is 22.8. The molecule has 0 spiro atoms. The highest BCUT2D eigenvalue weighted by Crippen LogP contribution is 2.24. The van der Waals surface area contributed by atoms with E-state index in [1.54, 1.807) is 6.92 Å². The molecule has 1 aliphatic rings. The lowest BCUT2D eigenvalue weighted by Crippen LogP contribution is -2.57. The van der Waals surface area contributed by atoms with Crippen LogP contribution in [-0.2, 0) is 16.6 Å². The summed E-state index contributed by atoms with van der Waals surface area (Å²) in [5.41, 5.74) is 2.50. The number of likely N-dealkylation sites (tertiary alicyclic amines) is 1. The molecule has 1 aliphatic heterocycles. The Morgan fingerprint density at radius 1 is 1.10 bits per heavy atom. The minimum absolute atomic E-state index is 0.0231. The molecule has 30 heavy (non-hydrogen) atoms. The van der Waals surface area contributed by atoms with Crippen molar-refractivity contribution in [1.82, 2.24) is 9.62 Å². The van der Waals surface area contributed by atoms with Crippen LogP contribution in [0.2, 0.25) is 0 Å². The van der Waals surface area contributed by atoms with E-state index in [1.807, 2.05) is 30.3 Å². The maximum absolute atomic E-state index is 12.3. The largest absolute Gasteiger partial charge is 0.492 e. The fourth-order valence-corrected chi connectivity index (χ4v) is 4.85. The van der Waals surface area contributed by atoms with Crippen molar-refractivity contribution in [3.8, 4) is 5.75 Å². The number of sulfonamides is 1. The predicted octanol–water partition coefficient (Wildman–Crippen LogP) is 4.16. The molecule has 5 nitrogen and oxygen atoms in total. The molecule has 0 saturated carbocycles. The van der Waals surface area contributed by atoms with Gasteiger partial charge in [0.2, 0.25) is 10.0 Å². The molecule has 0 radical (unpaired) electrons. The average Bonchev–Trinajstić information content (AvgIpc) is 2.74. The van der Waals surface area contributed by atoms with Crippen LogP contribution in [0.25, 0.3) is 0 Å². The number of rotatable bonds is 9. The van der Waals surface area contributed by atoms with Crippen molar-refractivity contribution in [3.63, 3.8) is 0 Å². The third kappa shape index (κ3) is 6.30. The van der Waals surface area contributed by atoms with Crippen LogP contribution in [0, 0.1) is 0 Å². The summed E-state index contributed by atoms with van der Waals surface area (Å²) >= 11 is 0. The quantitative estimate of drug-likeness (QED) is 0.649. The van der Waals surface area contributed by atoms with Gasteiger partial charge in [0.1, 0.15) is 12.4 Å². The van der Waals surface area contributed by atoms with E-state index in [0.29, 0.717) is 12.5 Å². The summed E-state index contributed by atoms with van der Waals surface area (Å²) in [6.07, 6.45) is 1.79. The second-order valence-electron chi connectivity index (χ2n) is 8.33. The highest BCUT2D eigenvalue weighted by molar-refractivity contribution is 7.89. The van der Waals surface area contributed by atoms with Crippen LogP contribution in [0.15, 0.2) is 54.6 Å². The molecule has 2 aromatic carbocycles. The van der Waals surface area contributed by atoms with Gasteiger partial charge in [-0.25, -0.2) is 13.1 Å². The molecule has 0 aromatic heterocycles. The minimum atomic E-state index is -3.28. The normalized spacial score (nSPS) is 20.4. The number of hydrogen-bond donors (Lipinski definition) is 1. The molecule has 0 bridgehead atoms. The Morgan fingerprint density at radius 2 is 1.80 bits per heavy atom. The smallest absolute Gasteiger partial charge is 0.211 e. The molecule has 2 atom stereocenters. The molecule has 6 heteroatoms. The Hall–Kier alpha value is -1.89. The molecule has 1 saturated heterocycles. The van der Waals surface area contributed by atoms with Crippen LogP contribution in [0.3, 0.4) is 0 Å². The van der Waals surface area contributed by atoms with E-state index in [0.717, 1.165) is 31.7 Å². The molecule has 0 amide bonds. The van der Waals surface area contributed by atoms with E-state index in [1.165, 1.54) is 11.1 Å².